The fourth-order valence-corrected chi connectivity index (χ4v) is 3.99. The van der Waals surface area contributed by atoms with E-state index in [1.165, 1.54) is 0 Å². The summed E-state index contributed by atoms with van der Waals surface area (Å²) < 4.78 is 0. The minimum Gasteiger partial charge on any atom is -0.366 e. The molecule has 0 aromatic carbocycles. The van der Waals surface area contributed by atoms with Gasteiger partial charge in [0.15, 0.2) is 0 Å². The number of nitrogens with one attached hydrogen (secondary N) is 1. The minimum absolute atomic E-state index is 0.304. The molecule has 3 aliphatic heterocycles. The molecular weight excluding hydrogens is 356 g/mol. The summed E-state index contributed by atoms with van der Waals surface area (Å²) in [6.07, 6.45) is 8.04. The molecule has 0 aromatic rings. The van der Waals surface area contributed by atoms with E-state index in [0.29, 0.717) is 18.4 Å². The maximum atomic E-state index is 12.3. The van der Waals surface area contributed by atoms with Crippen molar-refractivity contribution in [2.24, 2.45) is 11.0 Å². The molecule has 1 aliphatic carbocycles. The number of carbonyl (C=O) groups is 1. The van der Waals surface area contributed by atoms with Crippen molar-refractivity contribution in [3.8, 4) is 0 Å². The Morgan fingerprint density at radius 2 is 1.96 bits per heavy atom. The van der Waals surface area contributed by atoms with E-state index in [9.17, 15) is 4.79 Å². The van der Waals surface area contributed by atoms with Crippen molar-refractivity contribution in [1.29, 1.82) is 0 Å². The first kappa shape index (κ1) is 19.4. The number of rotatable bonds is 6. The van der Waals surface area contributed by atoms with E-state index >= 15 is 0 Å². The van der Waals surface area contributed by atoms with E-state index in [4.69, 9.17) is 4.84 Å². The Morgan fingerprint density at radius 1 is 1.21 bits per heavy atom. The van der Waals surface area contributed by atoms with Gasteiger partial charge in [-0.15, -0.1) is 5.17 Å². The van der Waals surface area contributed by atoms with Crippen molar-refractivity contribution in [3.63, 3.8) is 0 Å². The lowest BCUT2D eigenvalue weighted by molar-refractivity contribution is -0.137. The van der Waals surface area contributed by atoms with Gasteiger partial charge in [0.05, 0.1) is 18.5 Å². The monoisotopic (exact) mass is 388 g/mol. The van der Waals surface area contributed by atoms with E-state index in [2.05, 4.69) is 26.3 Å². The summed E-state index contributed by atoms with van der Waals surface area (Å²) in [6, 6.07) is 0. The number of hydrogen-bond donors (Lipinski definition) is 1. The number of piperazine rings is 2. The lowest BCUT2D eigenvalue weighted by Crippen LogP contribution is -2.49. The van der Waals surface area contributed by atoms with E-state index in [1.807, 2.05) is 17.9 Å². The molecule has 154 valence electrons. The summed E-state index contributed by atoms with van der Waals surface area (Å²) in [5.41, 5.74) is 2.10. The molecule has 8 nitrogen and oxygen atoms in total. The summed E-state index contributed by atoms with van der Waals surface area (Å²) in [4.78, 5) is 25.0. The van der Waals surface area contributed by atoms with Gasteiger partial charge in [0.1, 0.15) is 5.70 Å². The Morgan fingerprint density at radius 3 is 2.64 bits per heavy atom. The summed E-state index contributed by atoms with van der Waals surface area (Å²) in [7, 11) is 0. The van der Waals surface area contributed by atoms with Gasteiger partial charge in [0.2, 0.25) is 5.91 Å². The number of hydrazone groups is 1. The zero-order chi connectivity index (χ0) is 19.3. The molecule has 8 heteroatoms. The highest BCUT2D eigenvalue weighted by molar-refractivity contribution is 5.81. The first-order valence-corrected chi connectivity index (χ1v) is 10.6. The van der Waals surface area contributed by atoms with Crippen molar-refractivity contribution in [2.45, 2.75) is 19.8 Å². The van der Waals surface area contributed by atoms with Gasteiger partial charge in [-0.1, -0.05) is 6.08 Å². The van der Waals surface area contributed by atoms with Crippen LogP contribution in [0.15, 0.2) is 28.6 Å². The Hall–Kier alpha value is -1.90. The van der Waals surface area contributed by atoms with E-state index < -0.39 is 0 Å². The minimum atomic E-state index is 0.304. The van der Waals surface area contributed by atoms with Crippen LogP contribution in [0.3, 0.4) is 0 Å². The zero-order valence-corrected chi connectivity index (χ0v) is 16.8. The molecule has 4 aliphatic rings. The maximum Gasteiger partial charge on any atom is 0.225 e. The van der Waals surface area contributed by atoms with Gasteiger partial charge in [0.25, 0.3) is 0 Å². The predicted molar refractivity (Wildman–Crippen MR) is 108 cm³/mol. The first-order valence-electron chi connectivity index (χ1n) is 10.6. The molecule has 1 N–H and O–H groups in total. The fraction of sp³-hybridized carbons (Fsp3) is 0.700. The smallest absolute Gasteiger partial charge is 0.225 e. The Balaban J connectivity index is 1.28. The van der Waals surface area contributed by atoms with Crippen LogP contribution >= 0.6 is 0 Å². The fourth-order valence-electron chi connectivity index (χ4n) is 3.99. The quantitative estimate of drug-likeness (QED) is 0.714. The van der Waals surface area contributed by atoms with Crippen LogP contribution in [-0.4, -0.2) is 97.5 Å². The number of nitrogens with zero attached hydrogens (tertiary/aromatic N) is 5. The Bertz CT molecular complexity index is 643. The summed E-state index contributed by atoms with van der Waals surface area (Å²) in [5.74, 6) is 0.654. The zero-order valence-electron chi connectivity index (χ0n) is 16.8. The SMILES string of the molecule is C/C=C1/C(N2CCN(C(=O)C3CC3)CC2)=CC=NN1OCCN1CCNCC1. The van der Waals surface area contributed by atoms with Crippen LogP contribution in [0.25, 0.3) is 0 Å². The molecule has 4 rings (SSSR count). The van der Waals surface area contributed by atoms with Crippen molar-refractivity contribution in [3.05, 3.63) is 23.5 Å². The van der Waals surface area contributed by atoms with Crippen LogP contribution in [0.5, 0.6) is 0 Å². The van der Waals surface area contributed by atoms with Crippen molar-refractivity contribution >= 4 is 12.1 Å². The summed E-state index contributed by atoms with van der Waals surface area (Å²) in [5, 5.41) is 9.42. The van der Waals surface area contributed by atoms with Gasteiger partial charge in [-0.2, -0.15) is 5.10 Å². The van der Waals surface area contributed by atoms with E-state index in [1.54, 1.807) is 11.4 Å². The number of carbonyl (C=O) groups excluding carboxylic acids is 1. The number of hydroxylamine groups is 1. The van der Waals surface area contributed by atoms with E-state index in [-0.39, 0.29) is 0 Å². The second kappa shape index (κ2) is 9.07. The molecule has 28 heavy (non-hydrogen) atoms. The van der Waals surface area contributed by atoms with E-state index in [0.717, 1.165) is 83.1 Å². The topological polar surface area (TPSA) is 63.6 Å². The number of allylic oxidation sites excluding steroid dienone is 2. The third-order valence-electron chi connectivity index (χ3n) is 5.84. The van der Waals surface area contributed by atoms with Crippen LogP contribution in [0.2, 0.25) is 0 Å². The summed E-state index contributed by atoms with van der Waals surface area (Å²) in [6.45, 7) is 11.1. The molecule has 0 spiro atoms. The highest BCUT2D eigenvalue weighted by Crippen LogP contribution is 2.32. The predicted octanol–water partition coefficient (Wildman–Crippen LogP) is 0.467. The Labute approximate surface area is 167 Å². The average molecular weight is 389 g/mol. The molecule has 1 saturated carbocycles. The van der Waals surface area contributed by atoms with Gasteiger partial charge >= 0.3 is 0 Å². The molecule has 2 saturated heterocycles. The van der Waals surface area contributed by atoms with Crippen molar-refractivity contribution < 1.29 is 9.63 Å². The van der Waals surface area contributed by atoms with Crippen molar-refractivity contribution in [1.82, 2.24) is 25.2 Å². The lowest BCUT2D eigenvalue weighted by Gasteiger charge is -2.39. The standard InChI is InChI=1S/C20H32N6O2/c1-2-18-19(24-11-13-25(14-12-24)20(27)17-3-4-17)5-6-22-26(18)28-16-15-23-9-7-21-8-10-23/h2,5-6,17,21H,3-4,7-16H2,1H3/b18-2-. The molecule has 0 aromatic heterocycles. The first-order chi connectivity index (χ1) is 13.8. The highest BCUT2D eigenvalue weighted by Gasteiger charge is 2.35. The van der Waals surface area contributed by atoms with Gasteiger partial charge in [0, 0.05) is 64.8 Å². The summed E-state index contributed by atoms with van der Waals surface area (Å²) >= 11 is 0. The Kier molecular flexibility index (Phi) is 6.29. The normalized spacial score (nSPS) is 25.4. The second-order valence-electron chi connectivity index (χ2n) is 7.77. The molecule has 0 unspecified atom stereocenters. The molecule has 0 bridgehead atoms. The van der Waals surface area contributed by atoms with Gasteiger partial charge < -0.3 is 15.1 Å². The molecule has 3 heterocycles. The molecule has 1 amide bonds. The average Bonchev–Trinajstić information content (AvgIpc) is 3.59. The third kappa shape index (κ3) is 4.56. The molecular formula is C20H32N6O2. The third-order valence-corrected chi connectivity index (χ3v) is 5.84. The van der Waals surface area contributed by atoms with Crippen LogP contribution in [0, 0.1) is 5.92 Å². The lowest BCUT2D eigenvalue weighted by atomic mass is 10.2. The maximum absolute atomic E-state index is 12.3. The van der Waals surface area contributed by atoms with Crippen LogP contribution < -0.4 is 5.32 Å². The largest absolute Gasteiger partial charge is 0.366 e. The van der Waals surface area contributed by atoms with Gasteiger partial charge in [-0.3, -0.25) is 14.5 Å². The second-order valence-corrected chi connectivity index (χ2v) is 7.77. The van der Waals surface area contributed by atoms with Crippen LogP contribution in [-0.2, 0) is 9.63 Å². The van der Waals surface area contributed by atoms with Crippen LogP contribution in [0.4, 0.5) is 0 Å². The van der Waals surface area contributed by atoms with Gasteiger partial charge in [-0.25, -0.2) is 0 Å². The number of hydrogen-bond acceptors (Lipinski definition) is 7. The van der Waals surface area contributed by atoms with Crippen molar-refractivity contribution in [2.75, 3.05) is 65.5 Å². The van der Waals surface area contributed by atoms with Crippen LogP contribution in [0.1, 0.15) is 19.8 Å². The molecule has 0 radical (unpaired) electrons. The highest BCUT2D eigenvalue weighted by atomic mass is 16.7. The number of amides is 1. The molecule has 0 atom stereocenters. The molecule has 3 fully saturated rings. The van der Waals surface area contributed by atoms with Gasteiger partial charge in [-0.05, 0) is 25.8 Å².